The zero-order chi connectivity index (χ0) is 20.5. The van der Waals surface area contributed by atoms with Gasteiger partial charge in [-0.1, -0.05) is 19.9 Å². The highest BCUT2D eigenvalue weighted by Gasteiger charge is 2.44. The molecule has 28 heavy (non-hydrogen) atoms. The van der Waals surface area contributed by atoms with Crippen LogP contribution in [0.5, 0.6) is 0 Å². The van der Waals surface area contributed by atoms with Gasteiger partial charge in [-0.05, 0) is 49.0 Å². The molecule has 0 aromatic heterocycles. The molecule has 8 heteroatoms. The number of imide groups is 2. The molecule has 1 fully saturated rings. The zero-order valence-corrected chi connectivity index (χ0v) is 16.2. The Labute approximate surface area is 163 Å². The van der Waals surface area contributed by atoms with Crippen molar-refractivity contribution in [3.8, 4) is 0 Å². The SMILES string of the molecule is CC(C)(CN)CCNCc1ccc2c(c1)C(=O)N(C1CCC(=O)NC1=O)C2=O. The topological polar surface area (TPSA) is 122 Å². The first-order valence-corrected chi connectivity index (χ1v) is 9.49. The number of carbonyl (C=O) groups excluding carboxylic acids is 4. The molecule has 1 aromatic rings. The molecule has 1 atom stereocenters. The summed E-state index contributed by atoms with van der Waals surface area (Å²) in [5.74, 6) is -1.96. The molecule has 4 amide bonds. The van der Waals surface area contributed by atoms with E-state index in [1.807, 2.05) is 0 Å². The van der Waals surface area contributed by atoms with E-state index in [0.29, 0.717) is 24.2 Å². The summed E-state index contributed by atoms with van der Waals surface area (Å²) in [7, 11) is 0. The fourth-order valence-electron chi connectivity index (χ4n) is 3.39. The summed E-state index contributed by atoms with van der Waals surface area (Å²) < 4.78 is 0. The molecule has 1 unspecified atom stereocenters. The third-order valence-electron chi connectivity index (χ3n) is 5.36. The van der Waals surface area contributed by atoms with E-state index in [9.17, 15) is 19.2 Å². The van der Waals surface area contributed by atoms with Gasteiger partial charge in [-0.25, -0.2) is 0 Å². The second-order valence-electron chi connectivity index (χ2n) is 8.12. The van der Waals surface area contributed by atoms with Crippen LogP contribution in [0, 0.1) is 5.41 Å². The minimum Gasteiger partial charge on any atom is -0.330 e. The second-order valence-corrected chi connectivity index (χ2v) is 8.12. The van der Waals surface area contributed by atoms with Gasteiger partial charge in [-0.3, -0.25) is 29.4 Å². The van der Waals surface area contributed by atoms with Crippen LogP contribution in [0.15, 0.2) is 18.2 Å². The van der Waals surface area contributed by atoms with Gasteiger partial charge in [0.15, 0.2) is 0 Å². The number of nitrogens with zero attached hydrogens (tertiary/aromatic N) is 1. The maximum atomic E-state index is 12.8. The molecule has 8 nitrogen and oxygen atoms in total. The number of amides is 4. The van der Waals surface area contributed by atoms with Crippen LogP contribution >= 0.6 is 0 Å². The summed E-state index contributed by atoms with van der Waals surface area (Å²) in [5.41, 5.74) is 7.28. The molecule has 0 bridgehead atoms. The van der Waals surface area contributed by atoms with Crippen molar-refractivity contribution in [1.82, 2.24) is 15.5 Å². The van der Waals surface area contributed by atoms with Gasteiger partial charge < -0.3 is 11.1 Å². The van der Waals surface area contributed by atoms with Crippen LogP contribution in [0.4, 0.5) is 0 Å². The van der Waals surface area contributed by atoms with Crippen molar-refractivity contribution >= 4 is 23.6 Å². The quantitative estimate of drug-likeness (QED) is 0.465. The standard InChI is InChI=1S/C20H26N4O4/c1-20(2,11-21)7-8-22-10-12-3-4-13-14(9-12)19(28)24(18(13)27)15-5-6-16(25)23-17(15)26/h3-4,9,15,22H,5-8,10-11,21H2,1-2H3,(H,23,25,26). The molecular weight excluding hydrogens is 360 g/mol. The lowest BCUT2D eigenvalue weighted by atomic mass is 9.90. The fourth-order valence-corrected chi connectivity index (χ4v) is 3.39. The minimum atomic E-state index is -0.940. The van der Waals surface area contributed by atoms with Crippen LogP contribution < -0.4 is 16.4 Å². The fraction of sp³-hybridized carbons (Fsp3) is 0.500. The van der Waals surface area contributed by atoms with Crippen LogP contribution in [0.25, 0.3) is 0 Å². The lowest BCUT2D eigenvalue weighted by Gasteiger charge is -2.27. The van der Waals surface area contributed by atoms with Crippen molar-refractivity contribution in [3.63, 3.8) is 0 Å². The predicted molar refractivity (Wildman–Crippen MR) is 102 cm³/mol. The Bertz CT molecular complexity index is 833. The molecule has 1 saturated heterocycles. The van der Waals surface area contributed by atoms with Gasteiger partial charge in [0, 0.05) is 13.0 Å². The maximum Gasteiger partial charge on any atom is 0.262 e. The monoisotopic (exact) mass is 386 g/mol. The average molecular weight is 386 g/mol. The number of nitrogens with two attached hydrogens (primary N) is 1. The van der Waals surface area contributed by atoms with Gasteiger partial charge in [0.25, 0.3) is 11.8 Å². The van der Waals surface area contributed by atoms with Crippen molar-refractivity contribution in [3.05, 3.63) is 34.9 Å². The Morgan fingerprint density at radius 1 is 1.18 bits per heavy atom. The molecule has 0 radical (unpaired) electrons. The van der Waals surface area contributed by atoms with E-state index in [1.54, 1.807) is 18.2 Å². The van der Waals surface area contributed by atoms with Crippen LogP contribution in [0.3, 0.4) is 0 Å². The zero-order valence-electron chi connectivity index (χ0n) is 16.2. The van der Waals surface area contributed by atoms with E-state index < -0.39 is 23.8 Å². The van der Waals surface area contributed by atoms with Crippen molar-refractivity contribution in [2.75, 3.05) is 13.1 Å². The molecule has 0 aliphatic carbocycles. The summed E-state index contributed by atoms with van der Waals surface area (Å²) >= 11 is 0. The third-order valence-corrected chi connectivity index (χ3v) is 5.36. The Kier molecular flexibility index (Phi) is 5.62. The first-order chi connectivity index (χ1) is 13.2. The smallest absolute Gasteiger partial charge is 0.262 e. The number of fused-ring (bicyclic) bond motifs is 1. The molecular formula is C20H26N4O4. The third kappa shape index (κ3) is 3.98. The maximum absolute atomic E-state index is 12.8. The highest BCUT2D eigenvalue weighted by atomic mass is 16.2. The lowest BCUT2D eigenvalue weighted by molar-refractivity contribution is -0.136. The van der Waals surface area contributed by atoms with Crippen LogP contribution in [-0.4, -0.2) is 47.7 Å². The Hall–Kier alpha value is -2.58. The predicted octanol–water partition coefficient (Wildman–Crippen LogP) is 0.552. The number of hydrogen-bond acceptors (Lipinski definition) is 6. The summed E-state index contributed by atoms with van der Waals surface area (Å²) in [6.07, 6.45) is 1.19. The van der Waals surface area contributed by atoms with E-state index in [1.165, 1.54) is 0 Å². The number of piperidine rings is 1. The van der Waals surface area contributed by atoms with Crippen LogP contribution in [-0.2, 0) is 16.1 Å². The van der Waals surface area contributed by atoms with Gasteiger partial charge in [-0.2, -0.15) is 0 Å². The number of benzene rings is 1. The second kappa shape index (κ2) is 7.81. The molecule has 2 heterocycles. The summed E-state index contributed by atoms with van der Waals surface area (Å²) in [6.45, 7) is 6.18. The molecule has 150 valence electrons. The molecule has 2 aliphatic heterocycles. The van der Waals surface area contributed by atoms with Crippen LogP contribution in [0.1, 0.15) is 59.4 Å². The van der Waals surface area contributed by atoms with Crippen LogP contribution in [0.2, 0.25) is 0 Å². The Morgan fingerprint density at radius 3 is 2.57 bits per heavy atom. The molecule has 4 N–H and O–H groups in total. The lowest BCUT2D eigenvalue weighted by Crippen LogP contribution is -2.54. The van der Waals surface area contributed by atoms with Gasteiger partial charge in [0.05, 0.1) is 11.1 Å². The summed E-state index contributed by atoms with van der Waals surface area (Å²) in [6, 6.07) is 4.19. The Morgan fingerprint density at radius 2 is 1.89 bits per heavy atom. The van der Waals surface area contributed by atoms with E-state index in [4.69, 9.17) is 5.73 Å². The average Bonchev–Trinajstić information content (AvgIpc) is 2.90. The number of hydrogen-bond donors (Lipinski definition) is 3. The highest BCUT2D eigenvalue weighted by molar-refractivity contribution is 6.23. The van der Waals surface area contributed by atoms with Gasteiger partial charge in [0.1, 0.15) is 6.04 Å². The van der Waals surface area contributed by atoms with E-state index in [2.05, 4.69) is 24.5 Å². The van der Waals surface area contributed by atoms with Crippen molar-refractivity contribution in [1.29, 1.82) is 0 Å². The van der Waals surface area contributed by atoms with Crippen molar-refractivity contribution < 1.29 is 19.2 Å². The summed E-state index contributed by atoms with van der Waals surface area (Å²) in [5, 5.41) is 5.52. The van der Waals surface area contributed by atoms with E-state index in [-0.39, 0.29) is 24.2 Å². The van der Waals surface area contributed by atoms with Crippen molar-refractivity contribution in [2.45, 2.75) is 45.7 Å². The largest absolute Gasteiger partial charge is 0.330 e. The van der Waals surface area contributed by atoms with Crippen molar-refractivity contribution in [2.24, 2.45) is 11.1 Å². The van der Waals surface area contributed by atoms with Gasteiger partial charge >= 0.3 is 0 Å². The van der Waals surface area contributed by atoms with Gasteiger partial charge in [-0.15, -0.1) is 0 Å². The number of rotatable bonds is 7. The van der Waals surface area contributed by atoms with E-state index >= 15 is 0 Å². The van der Waals surface area contributed by atoms with Gasteiger partial charge in [0.2, 0.25) is 11.8 Å². The first-order valence-electron chi connectivity index (χ1n) is 9.49. The summed E-state index contributed by atoms with van der Waals surface area (Å²) in [4.78, 5) is 49.8. The normalized spacial score (nSPS) is 19.8. The van der Waals surface area contributed by atoms with E-state index in [0.717, 1.165) is 23.4 Å². The molecule has 2 aliphatic rings. The highest BCUT2D eigenvalue weighted by Crippen LogP contribution is 2.28. The number of nitrogens with one attached hydrogen (secondary N) is 2. The molecule has 1 aromatic carbocycles. The molecule has 0 spiro atoms. The molecule has 0 saturated carbocycles. The Balaban J connectivity index is 1.68. The minimum absolute atomic E-state index is 0.0653. The first kappa shape index (κ1) is 20.2. The number of carbonyl (C=O) groups is 4. The molecule has 3 rings (SSSR count).